The zero-order valence-electron chi connectivity index (χ0n) is 21.8. The highest BCUT2D eigenvalue weighted by molar-refractivity contribution is 5.92. The van der Waals surface area contributed by atoms with Crippen molar-refractivity contribution in [3.63, 3.8) is 0 Å². The summed E-state index contributed by atoms with van der Waals surface area (Å²) >= 11 is 0. The van der Waals surface area contributed by atoms with Gasteiger partial charge in [-0.1, -0.05) is 48.5 Å². The molecular weight excluding hydrogens is 474 g/mol. The van der Waals surface area contributed by atoms with Crippen molar-refractivity contribution in [2.24, 2.45) is 5.73 Å². The van der Waals surface area contributed by atoms with Crippen LogP contribution in [-0.4, -0.2) is 47.6 Å². The zero-order valence-corrected chi connectivity index (χ0v) is 21.8. The number of nitrogens with zero attached hydrogens (tertiary/aromatic N) is 3. The Morgan fingerprint density at radius 2 is 1.53 bits per heavy atom. The minimum absolute atomic E-state index is 0.0554. The Kier molecular flexibility index (Phi) is 7.86. The molecule has 0 unspecified atom stereocenters. The molecule has 0 aliphatic carbocycles. The molecule has 0 atom stereocenters. The lowest BCUT2D eigenvalue weighted by Crippen LogP contribution is -2.49. The van der Waals surface area contributed by atoms with Crippen LogP contribution in [0.4, 0.5) is 5.82 Å². The monoisotopic (exact) mass is 509 g/mol. The van der Waals surface area contributed by atoms with E-state index in [1.165, 1.54) is 12.6 Å². The second-order valence-corrected chi connectivity index (χ2v) is 9.74. The lowest BCUT2D eigenvalue weighted by molar-refractivity contribution is 0.0865. The van der Waals surface area contributed by atoms with Crippen molar-refractivity contribution < 1.29 is 9.53 Å². The van der Waals surface area contributed by atoms with Crippen molar-refractivity contribution >= 4 is 12.1 Å². The fourth-order valence-electron chi connectivity index (χ4n) is 5.52. The molecule has 6 rings (SSSR count). The number of benzene rings is 3. The van der Waals surface area contributed by atoms with Crippen LogP contribution in [0.1, 0.15) is 35.2 Å². The number of carbonyl (C=O) groups is 1. The summed E-state index contributed by atoms with van der Waals surface area (Å²) in [7, 11) is 1.50. The number of hydrogen-bond acceptors (Lipinski definition) is 6. The summed E-state index contributed by atoms with van der Waals surface area (Å²) in [5.74, 6) is 2.40. The minimum atomic E-state index is -0.0554. The molecular formula is C31H35N5O2. The molecule has 1 spiro atoms. The predicted molar refractivity (Wildman–Crippen MR) is 152 cm³/mol. The number of aromatic nitrogens is 2. The number of piperidine rings is 1. The third kappa shape index (κ3) is 5.21. The number of rotatable bonds is 6. The molecule has 3 N–H and O–H groups in total. The van der Waals surface area contributed by atoms with Gasteiger partial charge in [0.05, 0.1) is 11.1 Å². The molecule has 1 saturated heterocycles. The van der Waals surface area contributed by atoms with Gasteiger partial charge in [-0.15, -0.1) is 0 Å². The topological polar surface area (TPSA) is 85.4 Å². The molecule has 4 aromatic rings. The van der Waals surface area contributed by atoms with E-state index >= 15 is 0 Å². The molecule has 0 saturated carbocycles. The van der Waals surface area contributed by atoms with Crippen LogP contribution < -0.4 is 15.8 Å². The normalized spacial score (nSPS) is 16.1. The fourth-order valence-corrected chi connectivity index (χ4v) is 5.52. The number of hydrogen-bond donors (Lipinski definition) is 2. The van der Waals surface area contributed by atoms with E-state index in [0.717, 1.165) is 80.3 Å². The van der Waals surface area contributed by atoms with E-state index in [-0.39, 0.29) is 5.54 Å². The number of carbonyl (C=O) groups excluding carboxylic acids is 1. The van der Waals surface area contributed by atoms with Gasteiger partial charge in [0.25, 0.3) is 0 Å². The summed E-state index contributed by atoms with van der Waals surface area (Å²) in [5, 5.41) is 8.52. The Balaban J connectivity index is 0.00000144. The molecule has 0 amide bonds. The summed E-state index contributed by atoms with van der Waals surface area (Å²) in [6.07, 6.45) is 4.01. The quantitative estimate of drug-likeness (QED) is 0.332. The van der Waals surface area contributed by atoms with Gasteiger partial charge in [-0.25, -0.2) is 4.68 Å². The second kappa shape index (κ2) is 11.6. The van der Waals surface area contributed by atoms with Gasteiger partial charge in [0.2, 0.25) is 0 Å². The van der Waals surface area contributed by atoms with E-state index in [4.69, 9.17) is 9.84 Å². The van der Waals surface area contributed by atoms with Crippen LogP contribution in [0.2, 0.25) is 0 Å². The first kappa shape index (κ1) is 25.7. The number of anilines is 1. The Hall–Kier alpha value is -3.94. The molecule has 0 bridgehead atoms. The highest BCUT2D eigenvalue weighted by Crippen LogP contribution is 2.42. The molecule has 2 aliphatic rings. The molecule has 38 heavy (non-hydrogen) atoms. The summed E-state index contributed by atoms with van der Waals surface area (Å²) in [6, 6.07) is 28.2. The van der Waals surface area contributed by atoms with Crippen molar-refractivity contribution in [1.29, 1.82) is 0 Å². The largest absolute Gasteiger partial charge is 0.457 e. The highest BCUT2D eigenvalue weighted by atomic mass is 16.5. The molecule has 3 aromatic carbocycles. The second-order valence-electron chi connectivity index (χ2n) is 9.74. The first-order valence-corrected chi connectivity index (χ1v) is 13.2. The standard InChI is InChI=1S/C30H30N4O2.CH5N/c35-22-27-28(24-11-13-26(14-12-24)36-25-9-5-2-6-10-25)32-34-29(27)31-18-15-30(34)16-19-33(20-17-30)21-23-7-3-1-4-8-23;1-2/h1-14,22,31H,15-21H2;2H2,1H3. The number of nitrogens with two attached hydrogens (primary N) is 1. The summed E-state index contributed by atoms with van der Waals surface area (Å²) in [5.41, 5.74) is 8.08. The molecule has 2 aliphatic heterocycles. The zero-order chi connectivity index (χ0) is 26.4. The lowest BCUT2D eigenvalue weighted by atomic mass is 9.83. The van der Waals surface area contributed by atoms with Crippen LogP contribution in [0, 0.1) is 0 Å². The van der Waals surface area contributed by atoms with Crippen molar-refractivity contribution in [2.45, 2.75) is 31.3 Å². The lowest BCUT2D eigenvalue weighted by Gasteiger charge is -2.45. The van der Waals surface area contributed by atoms with Gasteiger partial charge in [0.1, 0.15) is 23.0 Å². The molecule has 1 fully saturated rings. The van der Waals surface area contributed by atoms with Gasteiger partial charge in [-0.05, 0) is 68.3 Å². The van der Waals surface area contributed by atoms with Gasteiger partial charge in [-0.2, -0.15) is 5.10 Å². The van der Waals surface area contributed by atoms with Crippen LogP contribution in [0.5, 0.6) is 11.5 Å². The van der Waals surface area contributed by atoms with Crippen molar-refractivity contribution in [2.75, 3.05) is 32.0 Å². The number of likely N-dealkylation sites (tertiary alicyclic amines) is 1. The average Bonchev–Trinajstić information content (AvgIpc) is 3.37. The van der Waals surface area contributed by atoms with Crippen LogP contribution in [0.25, 0.3) is 11.3 Å². The first-order chi connectivity index (χ1) is 18.7. The van der Waals surface area contributed by atoms with Gasteiger partial charge in [-0.3, -0.25) is 9.69 Å². The van der Waals surface area contributed by atoms with Gasteiger partial charge < -0.3 is 15.8 Å². The number of para-hydroxylation sites is 1. The number of aldehydes is 1. The smallest absolute Gasteiger partial charge is 0.156 e. The van der Waals surface area contributed by atoms with E-state index in [1.807, 2.05) is 54.6 Å². The Labute approximate surface area is 224 Å². The Bertz CT molecular complexity index is 1330. The van der Waals surface area contributed by atoms with E-state index in [0.29, 0.717) is 5.56 Å². The van der Waals surface area contributed by atoms with Gasteiger partial charge in [0, 0.05) is 31.7 Å². The van der Waals surface area contributed by atoms with Crippen LogP contribution in [0.15, 0.2) is 84.9 Å². The van der Waals surface area contributed by atoms with Gasteiger partial charge >= 0.3 is 0 Å². The van der Waals surface area contributed by atoms with Crippen LogP contribution >= 0.6 is 0 Å². The van der Waals surface area contributed by atoms with E-state index < -0.39 is 0 Å². The van der Waals surface area contributed by atoms with E-state index in [9.17, 15) is 4.79 Å². The van der Waals surface area contributed by atoms with E-state index in [1.54, 1.807) is 0 Å². The molecule has 7 heteroatoms. The summed E-state index contributed by atoms with van der Waals surface area (Å²) < 4.78 is 8.07. The van der Waals surface area contributed by atoms with Crippen LogP contribution in [-0.2, 0) is 12.1 Å². The molecule has 196 valence electrons. The third-order valence-corrected chi connectivity index (χ3v) is 7.51. The van der Waals surface area contributed by atoms with Crippen LogP contribution in [0.3, 0.4) is 0 Å². The number of fused-ring (bicyclic) bond motifs is 2. The maximum absolute atomic E-state index is 12.2. The van der Waals surface area contributed by atoms with E-state index in [2.05, 4.69) is 51.0 Å². The minimum Gasteiger partial charge on any atom is -0.457 e. The molecule has 0 radical (unpaired) electrons. The van der Waals surface area contributed by atoms with Crippen molar-refractivity contribution in [1.82, 2.24) is 14.7 Å². The van der Waals surface area contributed by atoms with Gasteiger partial charge in [0.15, 0.2) is 6.29 Å². The Morgan fingerprint density at radius 3 is 2.18 bits per heavy atom. The predicted octanol–water partition coefficient (Wildman–Crippen LogP) is 5.54. The summed E-state index contributed by atoms with van der Waals surface area (Å²) in [6.45, 7) is 3.87. The third-order valence-electron chi connectivity index (χ3n) is 7.51. The SMILES string of the molecule is CN.O=Cc1c(-c2ccc(Oc3ccccc3)cc2)nn2c1NCCC21CCN(Cc2ccccc2)CC1. The maximum Gasteiger partial charge on any atom is 0.156 e. The summed E-state index contributed by atoms with van der Waals surface area (Å²) in [4.78, 5) is 14.8. The molecule has 3 heterocycles. The highest BCUT2D eigenvalue weighted by Gasteiger charge is 2.42. The molecule has 7 nitrogen and oxygen atoms in total. The number of ether oxygens (including phenoxy) is 1. The molecule has 1 aromatic heterocycles. The maximum atomic E-state index is 12.2. The number of nitrogens with one attached hydrogen (secondary N) is 1. The first-order valence-electron chi connectivity index (χ1n) is 13.2. The van der Waals surface area contributed by atoms with Crippen molar-refractivity contribution in [3.05, 3.63) is 96.1 Å². The van der Waals surface area contributed by atoms with Crippen molar-refractivity contribution in [3.8, 4) is 22.8 Å². The Morgan fingerprint density at radius 1 is 0.895 bits per heavy atom. The fraction of sp³-hybridized carbons (Fsp3) is 0.290. The average molecular weight is 510 g/mol.